The fourth-order valence-electron chi connectivity index (χ4n) is 7.65. The third-order valence-corrected chi connectivity index (χ3v) is 9.07. The third-order valence-electron chi connectivity index (χ3n) is 9.07. The summed E-state index contributed by atoms with van der Waals surface area (Å²) in [4.78, 5) is 41.6. The second-order valence-corrected chi connectivity index (χ2v) is 12.9. The molecule has 0 radical (unpaired) electrons. The number of aromatic hydroxyl groups is 2. The minimum atomic E-state index is -1.39. The fourth-order valence-corrected chi connectivity index (χ4v) is 7.65. The minimum Gasteiger partial charge on any atom is -0.506 e. The number of anilines is 1. The molecule has 4 N–H and O–H groups in total. The first-order chi connectivity index (χ1) is 18.1. The maximum absolute atomic E-state index is 13.1. The van der Waals surface area contributed by atoms with Gasteiger partial charge in [-0.2, -0.15) is 4.99 Å². The van der Waals surface area contributed by atoms with Crippen LogP contribution in [0.2, 0.25) is 0 Å². The monoisotopic (exact) mass is 540 g/mol. The number of amides is 2. The summed E-state index contributed by atoms with van der Waals surface area (Å²) in [5.41, 5.74) is -1.99. The largest absolute Gasteiger partial charge is 0.506 e. The molecule has 5 aliphatic rings. The van der Waals surface area contributed by atoms with Crippen molar-refractivity contribution in [2.75, 3.05) is 5.32 Å². The van der Waals surface area contributed by atoms with Crippen LogP contribution >= 0.6 is 0 Å². The number of carboxylic acids is 1. The summed E-state index contributed by atoms with van der Waals surface area (Å²) in [7, 11) is 0. The standard InChI is InChI=1S/C29H36N2O8/c1-26(2,3)39-25(37)30-19-8-11-29-13-15-12-18(38-28(15,5)14-29)23(29)27(19,4)10-9-20(33)31-21-17(32)7-6-16(22(21)34)24(35)36/h6-8,11,15,18,23,32,34H,9-10,12-14H2,1-5H3,(H,31,33)(H,35,36)/t15-,18+,23+,27-,28+,29+/m1/s1. The SMILES string of the molecule is CC(C)(C)OC(=O)N=C1C=C[C@]23C[C@H]4C[C@H](O[C@@]4(C)C2)[C@H]3[C@]1(C)CCC(=O)Nc1c(O)ccc(C(=O)O)c1O. The highest BCUT2D eigenvalue weighted by atomic mass is 16.6. The molecule has 2 aliphatic heterocycles. The number of hydrogen-bond acceptors (Lipinski definition) is 7. The maximum atomic E-state index is 13.1. The highest BCUT2D eigenvalue weighted by molar-refractivity contribution is 6.06. The Labute approximate surface area is 227 Å². The lowest BCUT2D eigenvalue weighted by Crippen LogP contribution is -2.56. The summed E-state index contributed by atoms with van der Waals surface area (Å²) in [6.07, 6.45) is 6.39. The Bertz CT molecular complexity index is 1310. The summed E-state index contributed by atoms with van der Waals surface area (Å²) in [6.45, 7) is 9.50. The molecule has 0 unspecified atom stereocenters. The van der Waals surface area contributed by atoms with E-state index in [0.29, 0.717) is 18.1 Å². The molecule has 10 heteroatoms. The van der Waals surface area contributed by atoms with Gasteiger partial charge in [0, 0.05) is 17.8 Å². The number of aromatic carboxylic acids is 1. The van der Waals surface area contributed by atoms with Crippen LogP contribution in [0.25, 0.3) is 0 Å². The zero-order valence-electron chi connectivity index (χ0n) is 22.9. The van der Waals surface area contributed by atoms with Crippen LogP contribution in [-0.2, 0) is 14.3 Å². The number of nitrogens with zero attached hydrogens (tertiary/aromatic N) is 1. The topological polar surface area (TPSA) is 155 Å². The van der Waals surface area contributed by atoms with Crippen LogP contribution in [0.3, 0.4) is 0 Å². The van der Waals surface area contributed by atoms with Crippen molar-refractivity contribution in [2.45, 2.75) is 84.0 Å². The van der Waals surface area contributed by atoms with Crippen molar-refractivity contribution in [3.8, 4) is 11.5 Å². The van der Waals surface area contributed by atoms with Gasteiger partial charge in [-0.15, -0.1) is 0 Å². The molecule has 1 aromatic carbocycles. The van der Waals surface area contributed by atoms with E-state index in [0.717, 1.165) is 31.4 Å². The summed E-state index contributed by atoms with van der Waals surface area (Å²) in [5.74, 6) is -2.63. The van der Waals surface area contributed by atoms with Crippen molar-refractivity contribution >= 4 is 29.4 Å². The molecule has 1 spiro atoms. The molecule has 3 aliphatic carbocycles. The van der Waals surface area contributed by atoms with Gasteiger partial charge >= 0.3 is 12.1 Å². The number of carbonyl (C=O) groups is 3. The molecule has 210 valence electrons. The quantitative estimate of drug-likeness (QED) is 0.379. The minimum absolute atomic E-state index is 0.00652. The molecule has 4 fully saturated rings. The van der Waals surface area contributed by atoms with E-state index in [4.69, 9.17) is 9.47 Å². The first kappa shape index (κ1) is 27.2. The van der Waals surface area contributed by atoms with E-state index < -0.39 is 46.0 Å². The summed E-state index contributed by atoms with van der Waals surface area (Å²) >= 11 is 0. The molecule has 0 aromatic heterocycles. The van der Waals surface area contributed by atoms with Crippen LogP contribution in [0.5, 0.6) is 11.5 Å². The molecule has 10 nitrogen and oxygen atoms in total. The number of carbonyl (C=O) groups excluding carboxylic acids is 2. The lowest BCUT2D eigenvalue weighted by molar-refractivity contribution is -0.145. The van der Waals surface area contributed by atoms with Crippen molar-refractivity contribution < 1.29 is 39.2 Å². The van der Waals surface area contributed by atoms with Crippen LogP contribution < -0.4 is 5.32 Å². The van der Waals surface area contributed by atoms with E-state index in [-0.39, 0.29) is 35.1 Å². The van der Waals surface area contributed by atoms with Crippen LogP contribution in [0, 0.1) is 22.7 Å². The number of hydrogen-bond donors (Lipinski definition) is 4. The number of nitrogens with one attached hydrogen (secondary N) is 1. The highest BCUT2D eigenvalue weighted by Crippen LogP contribution is 2.71. The Kier molecular flexibility index (Phi) is 6.14. The van der Waals surface area contributed by atoms with Crippen LogP contribution in [0.1, 0.15) is 77.1 Å². The van der Waals surface area contributed by atoms with Gasteiger partial charge in [0.05, 0.1) is 17.4 Å². The molecule has 2 saturated carbocycles. The average molecular weight is 541 g/mol. The van der Waals surface area contributed by atoms with Gasteiger partial charge in [-0.25, -0.2) is 9.59 Å². The predicted octanol–water partition coefficient (Wildman–Crippen LogP) is 5.04. The second-order valence-electron chi connectivity index (χ2n) is 12.9. The molecule has 1 aromatic rings. The van der Waals surface area contributed by atoms with E-state index in [1.165, 1.54) is 0 Å². The van der Waals surface area contributed by atoms with Gasteiger partial charge in [0.15, 0.2) is 5.75 Å². The fraction of sp³-hybridized carbons (Fsp3) is 0.586. The molecule has 2 saturated heterocycles. The van der Waals surface area contributed by atoms with Crippen LogP contribution in [-0.4, -0.2) is 56.3 Å². The summed E-state index contributed by atoms with van der Waals surface area (Å²) < 4.78 is 12.0. The molecule has 6 atom stereocenters. The van der Waals surface area contributed by atoms with Gasteiger partial charge in [0.2, 0.25) is 5.91 Å². The molecule has 2 heterocycles. The van der Waals surface area contributed by atoms with E-state index in [2.05, 4.69) is 23.3 Å². The number of phenolic OH excluding ortho intramolecular Hbond substituents is 1. The zero-order valence-corrected chi connectivity index (χ0v) is 22.9. The van der Waals surface area contributed by atoms with Gasteiger partial charge in [-0.3, -0.25) is 4.79 Å². The van der Waals surface area contributed by atoms with E-state index in [1.807, 2.05) is 13.0 Å². The van der Waals surface area contributed by atoms with Gasteiger partial charge in [0.1, 0.15) is 22.6 Å². The molecule has 2 amide bonds. The zero-order chi connectivity index (χ0) is 28.5. The smallest absolute Gasteiger partial charge is 0.434 e. The average Bonchev–Trinajstić information content (AvgIpc) is 3.17. The number of rotatable bonds is 5. The van der Waals surface area contributed by atoms with Crippen LogP contribution in [0.4, 0.5) is 10.5 Å². The molecule has 39 heavy (non-hydrogen) atoms. The summed E-state index contributed by atoms with van der Waals surface area (Å²) in [6, 6.07) is 2.16. The third kappa shape index (κ3) is 4.48. The Morgan fingerprint density at radius 2 is 1.92 bits per heavy atom. The molecule has 6 rings (SSSR count). The van der Waals surface area contributed by atoms with Gasteiger partial charge in [-0.1, -0.05) is 13.0 Å². The van der Waals surface area contributed by atoms with E-state index >= 15 is 0 Å². The number of allylic oxidation sites excluding steroid dienone is 2. The summed E-state index contributed by atoms with van der Waals surface area (Å²) in [5, 5.41) is 32.2. The molecular weight excluding hydrogens is 504 g/mol. The number of ether oxygens (including phenoxy) is 2. The predicted molar refractivity (Wildman–Crippen MR) is 142 cm³/mol. The van der Waals surface area contributed by atoms with Crippen LogP contribution in [0.15, 0.2) is 29.3 Å². The van der Waals surface area contributed by atoms with E-state index in [1.54, 1.807) is 20.8 Å². The highest BCUT2D eigenvalue weighted by Gasteiger charge is 2.71. The van der Waals surface area contributed by atoms with Crippen molar-refractivity contribution in [3.63, 3.8) is 0 Å². The Balaban J connectivity index is 1.44. The number of carboxylic acid groups (broad SMARTS) is 1. The molecular formula is C29H36N2O8. The van der Waals surface area contributed by atoms with E-state index in [9.17, 15) is 29.7 Å². The number of benzene rings is 1. The van der Waals surface area contributed by atoms with Gasteiger partial charge in [0.25, 0.3) is 0 Å². The van der Waals surface area contributed by atoms with Crippen molar-refractivity contribution in [1.29, 1.82) is 0 Å². The maximum Gasteiger partial charge on any atom is 0.434 e. The lowest BCUT2D eigenvalue weighted by atomic mass is 9.51. The Morgan fingerprint density at radius 3 is 2.56 bits per heavy atom. The van der Waals surface area contributed by atoms with Crippen molar-refractivity contribution in [1.82, 2.24) is 0 Å². The van der Waals surface area contributed by atoms with Crippen molar-refractivity contribution in [2.24, 2.45) is 27.7 Å². The van der Waals surface area contributed by atoms with Crippen molar-refractivity contribution in [3.05, 3.63) is 29.8 Å². The Morgan fingerprint density at radius 1 is 1.21 bits per heavy atom. The number of aliphatic imine (C=N–C) groups is 1. The number of phenols is 2. The normalized spacial score (nSPS) is 35.2. The van der Waals surface area contributed by atoms with Gasteiger partial charge in [-0.05, 0) is 82.9 Å². The lowest BCUT2D eigenvalue weighted by Gasteiger charge is -2.56. The first-order valence-electron chi connectivity index (χ1n) is 13.3. The second kappa shape index (κ2) is 8.81. The molecule has 4 bridgehead atoms. The first-order valence-corrected chi connectivity index (χ1v) is 13.3. The Hall–Kier alpha value is -3.40. The van der Waals surface area contributed by atoms with Gasteiger partial charge < -0.3 is 30.1 Å².